The number of carbonyl (C=O) groups is 2. The van der Waals surface area contributed by atoms with Crippen LogP contribution in [-0.2, 0) is 19.6 Å². The van der Waals surface area contributed by atoms with E-state index in [-0.39, 0.29) is 29.7 Å². The van der Waals surface area contributed by atoms with Gasteiger partial charge in [0.05, 0.1) is 10.6 Å². The Hall–Kier alpha value is -2.91. The Bertz CT molecular complexity index is 1070. The fraction of sp³-hybridized carbons (Fsp3) is 0.300. The molecule has 0 aromatic heterocycles. The lowest BCUT2D eigenvalue weighted by Crippen LogP contribution is -2.34. The number of benzene rings is 2. The third-order valence-electron chi connectivity index (χ3n) is 4.63. The third kappa shape index (κ3) is 4.93. The zero-order chi connectivity index (χ0) is 21.2. The molecule has 0 radical (unpaired) electrons. The van der Waals surface area contributed by atoms with E-state index in [1.807, 2.05) is 13.8 Å². The third-order valence-corrected chi connectivity index (χ3v) is 6.09. The topological polar surface area (TPSA) is 114 Å². The van der Waals surface area contributed by atoms with Gasteiger partial charge in [-0.05, 0) is 62.2 Å². The molecule has 2 amide bonds. The summed E-state index contributed by atoms with van der Waals surface area (Å²) in [5, 5.41) is 5.39. The number of amides is 2. The molecule has 1 heterocycles. The monoisotopic (exact) mass is 417 g/mol. The largest absolute Gasteiger partial charge is 0.479 e. The molecule has 154 valence electrons. The molecular weight excluding hydrogens is 394 g/mol. The van der Waals surface area contributed by atoms with Gasteiger partial charge < -0.3 is 15.4 Å². The van der Waals surface area contributed by atoms with Crippen molar-refractivity contribution >= 4 is 33.2 Å². The molecule has 0 saturated heterocycles. The minimum Gasteiger partial charge on any atom is -0.479 e. The van der Waals surface area contributed by atoms with Gasteiger partial charge in [0.25, 0.3) is 5.91 Å². The van der Waals surface area contributed by atoms with E-state index >= 15 is 0 Å². The maximum Gasteiger partial charge on any atom is 0.265 e. The number of anilines is 2. The number of hydrogen-bond donors (Lipinski definition) is 3. The first-order valence-corrected chi connectivity index (χ1v) is 10.6. The highest BCUT2D eigenvalue weighted by atomic mass is 32.2. The number of aryl methyl sites for hydroxylation is 2. The lowest BCUT2D eigenvalue weighted by molar-refractivity contribution is -0.122. The van der Waals surface area contributed by atoms with E-state index in [1.165, 1.54) is 6.07 Å². The summed E-state index contributed by atoms with van der Waals surface area (Å²) in [6.45, 7) is 5.35. The van der Waals surface area contributed by atoms with E-state index in [9.17, 15) is 18.0 Å². The highest BCUT2D eigenvalue weighted by Crippen LogP contribution is 2.32. The zero-order valence-electron chi connectivity index (χ0n) is 16.4. The fourth-order valence-corrected chi connectivity index (χ4v) is 3.89. The van der Waals surface area contributed by atoms with E-state index < -0.39 is 16.1 Å². The van der Waals surface area contributed by atoms with Gasteiger partial charge in [-0.3, -0.25) is 9.59 Å². The number of fused-ring (bicyclic) bond motifs is 1. The van der Waals surface area contributed by atoms with Crippen LogP contribution < -0.4 is 20.1 Å². The van der Waals surface area contributed by atoms with Crippen LogP contribution >= 0.6 is 0 Å². The Labute approximate surface area is 169 Å². The molecule has 0 aliphatic carbocycles. The van der Waals surface area contributed by atoms with Crippen molar-refractivity contribution in [2.75, 3.05) is 17.2 Å². The molecule has 8 nitrogen and oxygen atoms in total. The normalized spacial score (nSPS) is 15.8. The minimum absolute atomic E-state index is 0.0383. The summed E-state index contributed by atoms with van der Waals surface area (Å²) in [7, 11) is -3.69. The summed E-state index contributed by atoms with van der Waals surface area (Å²) in [4.78, 5) is 24.0. The standard InChI is InChI=1S/C20H23N3O5S/c1-12-4-6-16(10-13(12)2)29(26,27)21-9-8-19(24)22-15-5-7-18-17(11-15)23-20(25)14(3)28-18/h4-7,10-11,14,21H,8-9H2,1-3H3,(H,22,24)(H,23,25)/t14-/m0/s1. The predicted octanol–water partition coefficient (Wildman–Crippen LogP) is 2.33. The number of rotatable bonds is 6. The van der Waals surface area contributed by atoms with E-state index in [4.69, 9.17) is 4.74 Å². The average Bonchev–Trinajstić information content (AvgIpc) is 2.65. The number of sulfonamides is 1. The predicted molar refractivity (Wildman–Crippen MR) is 110 cm³/mol. The summed E-state index contributed by atoms with van der Waals surface area (Å²) in [5.41, 5.74) is 2.83. The maximum atomic E-state index is 12.4. The van der Waals surface area contributed by atoms with Crippen molar-refractivity contribution in [3.8, 4) is 5.75 Å². The Morgan fingerprint density at radius 1 is 1.14 bits per heavy atom. The van der Waals surface area contributed by atoms with Crippen LogP contribution in [0.25, 0.3) is 0 Å². The molecule has 1 aliphatic heterocycles. The Kier molecular flexibility index (Phi) is 5.90. The fourth-order valence-electron chi connectivity index (χ4n) is 2.77. The van der Waals surface area contributed by atoms with Crippen LogP contribution in [0.4, 0.5) is 11.4 Å². The van der Waals surface area contributed by atoms with Gasteiger partial charge in [0, 0.05) is 18.7 Å². The van der Waals surface area contributed by atoms with E-state index in [0.717, 1.165) is 11.1 Å². The zero-order valence-corrected chi connectivity index (χ0v) is 17.2. The van der Waals surface area contributed by atoms with Crippen LogP contribution in [0.3, 0.4) is 0 Å². The first-order chi connectivity index (χ1) is 13.7. The van der Waals surface area contributed by atoms with Gasteiger partial charge in [-0.1, -0.05) is 6.07 Å². The molecule has 3 rings (SSSR count). The van der Waals surface area contributed by atoms with E-state index in [0.29, 0.717) is 17.1 Å². The highest BCUT2D eigenvalue weighted by Gasteiger charge is 2.23. The van der Waals surface area contributed by atoms with Crippen molar-refractivity contribution in [2.45, 2.75) is 38.2 Å². The van der Waals surface area contributed by atoms with Gasteiger partial charge in [0.2, 0.25) is 15.9 Å². The Morgan fingerprint density at radius 3 is 2.62 bits per heavy atom. The van der Waals surface area contributed by atoms with Gasteiger partial charge in [0.15, 0.2) is 6.10 Å². The van der Waals surface area contributed by atoms with Crippen molar-refractivity contribution in [1.29, 1.82) is 0 Å². The number of nitrogens with one attached hydrogen (secondary N) is 3. The van der Waals surface area contributed by atoms with Crippen LogP contribution in [0.1, 0.15) is 24.5 Å². The first-order valence-electron chi connectivity index (χ1n) is 9.14. The van der Waals surface area contributed by atoms with Gasteiger partial charge >= 0.3 is 0 Å². The lowest BCUT2D eigenvalue weighted by Gasteiger charge is -2.23. The van der Waals surface area contributed by atoms with Crippen molar-refractivity contribution in [1.82, 2.24) is 4.72 Å². The van der Waals surface area contributed by atoms with Crippen LogP contribution in [0.2, 0.25) is 0 Å². The SMILES string of the molecule is Cc1ccc(S(=O)(=O)NCCC(=O)Nc2ccc3c(c2)NC(=O)[C@H](C)O3)cc1C. The highest BCUT2D eigenvalue weighted by molar-refractivity contribution is 7.89. The molecule has 3 N–H and O–H groups in total. The number of hydrogen-bond acceptors (Lipinski definition) is 5. The average molecular weight is 417 g/mol. The summed E-state index contributed by atoms with van der Waals surface area (Å²) >= 11 is 0. The van der Waals surface area contributed by atoms with Gasteiger partial charge in [-0.2, -0.15) is 0 Å². The molecule has 1 atom stereocenters. The second kappa shape index (κ2) is 8.22. The van der Waals surface area contributed by atoms with Crippen LogP contribution in [0.15, 0.2) is 41.3 Å². The van der Waals surface area contributed by atoms with Crippen molar-refractivity contribution in [3.05, 3.63) is 47.5 Å². The summed E-state index contributed by atoms with van der Waals surface area (Å²) in [6.07, 6.45) is -0.616. The molecule has 0 fully saturated rings. The molecule has 0 saturated carbocycles. The lowest BCUT2D eigenvalue weighted by atomic mass is 10.1. The maximum absolute atomic E-state index is 12.4. The minimum atomic E-state index is -3.69. The molecule has 0 bridgehead atoms. The van der Waals surface area contributed by atoms with Crippen molar-refractivity contribution < 1.29 is 22.7 Å². The number of ether oxygens (including phenoxy) is 1. The molecule has 9 heteroatoms. The second-order valence-electron chi connectivity index (χ2n) is 6.90. The van der Waals surface area contributed by atoms with Gasteiger partial charge in [-0.25, -0.2) is 13.1 Å². The first kappa shape index (κ1) is 20.8. The molecule has 2 aromatic rings. The van der Waals surface area contributed by atoms with Crippen LogP contribution in [-0.4, -0.2) is 32.9 Å². The quantitative estimate of drug-likeness (QED) is 0.668. The van der Waals surface area contributed by atoms with Crippen LogP contribution in [0.5, 0.6) is 5.75 Å². The molecule has 29 heavy (non-hydrogen) atoms. The number of carbonyl (C=O) groups excluding carboxylic acids is 2. The van der Waals surface area contributed by atoms with Crippen LogP contribution in [0, 0.1) is 13.8 Å². The summed E-state index contributed by atoms with van der Waals surface area (Å²) in [6, 6.07) is 9.78. The molecule has 0 unspecified atom stereocenters. The summed E-state index contributed by atoms with van der Waals surface area (Å²) < 4.78 is 32.6. The van der Waals surface area contributed by atoms with E-state index in [2.05, 4.69) is 15.4 Å². The summed E-state index contributed by atoms with van der Waals surface area (Å²) in [5.74, 6) is -0.0952. The van der Waals surface area contributed by atoms with Crippen molar-refractivity contribution in [2.24, 2.45) is 0 Å². The molecular formula is C20H23N3O5S. The van der Waals surface area contributed by atoms with Crippen molar-refractivity contribution in [3.63, 3.8) is 0 Å². The second-order valence-corrected chi connectivity index (χ2v) is 8.67. The van der Waals surface area contributed by atoms with Gasteiger partial charge in [-0.15, -0.1) is 0 Å². The Morgan fingerprint density at radius 2 is 1.90 bits per heavy atom. The van der Waals surface area contributed by atoms with Gasteiger partial charge in [0.1, 0.15) is 5.75 Å². The molecule has 0 spiro atoms. The Balaban J connectivity index is 1.56. The molecule has 2 aromatic carbocycles. The molecule has 1 aliphatic rings. The van der Waals surface area contributed by atoms with E-state index in [1.54, 1.807) is 37.3 Å². The smallest absolute Gasteiger partial charge is 0.265 e.